The molecule has 0 aliphatic carbocycles. The zero-order chi connectivity index (χ0) is 11.5. The molecule has 88 valence electrons. The van der Waals surface area contributed by atoms with Crippen molar-refractivity contribution in [3.63, 3.8) is 0 Å². The van der Waals surface area contributed by atoms with Crippen molar-refractivity contribution in [1.29, 1.82) is 0 Å². The van der Waals surface area contributed by atoms with E-state index in [1.807, 2.05) is 18.2 Å². The first-order valence-electron chi connectivity index (χ1n) is 5.50. The molecule has 1 aromatic rings. The quantitative estimate of drug-likeness (QED) is 0.856. The Morgan fingerprint density at radius 1 is 1.31 bits per heavy atom. The minimum atomic E-state index is -0.256. The summed E-state index contributed by atoms with van der Waals surface area (Å²) in [6.07, 6.45) is 1.27. The predicted molar refractivity (Wildman–Crippen MR) is 67.1 cm³/mol. The number of benzene rings is 1. The minimum absolute atomic E-state index is 0.200. The average molecular weight is 260 g/mol. The molecule has 2 unspecified atom stereocenters. The first-order valence-corrected chi connectivity index (χ1v) is 6.25. The van der Waals surface area contributed by atoms with Crippen LogP contribution in [0.2, 0.25) is 10.0 Å². The fourth-order valence-electron chi connectivity index (χ4n) is 2.11. The van der Waals surface area contributed by atoms with Crippen molar-refractivity contribution in [3.8, 4) is 0 Å². The van der Waals surface area contributed by atoms with Gasteiger partial charge in [0.1, 0.15) is 0 Å². The summed E-state index contributed by atoms with van der Waals surface area (Å²) in [6.45, 7) is 1.70. The number of rotatable bonds is 2. The molecule has 1 saturated heterocycles. The van der Waals surface area contributed by atoms with Crippen LogP contribution in [-0.4, -0.2) is 24.3 Å². The van der Waals surface area contributed by atoms with Crippen LogP contribution in [0.5, 0.6) is 0 Å². The fraction of sp³-hybridized carbons (Fsp3) is 0.500. The van der Waals surface area contributed by atoms with Gasteiger partial charge in [0.25, 0.3) is 0 Å². The van der Waals surface area contributed by atoms with Gasteiger partial charge in [-0.15, -0.1) is 0 Å². The van der Waals surface area contributed by atoms with E-state index in [1.165, 1.54) is 0 Å². The summed E-state index contributed by atoms with van der Waals surface area (Å²) in [6, 6.07) is 5.51. The molecule has 2 atom stereocenters. The summed E-state index contributed by atoms with van der Waals surface area (Å²) in [5.74, 6) is 0.200. The van der Waals surface area contributed by atoms with E-state index < -0.39 is 0 Å². The number of aliphatic hydroxyl groups is 1. The van der Waals surface area contributed by atoms with Gasteiger partial charge >= 0.3 is 0 Å². The number of aliphatic hydroxyl groups excluding tert-OH is 1. The van der Waals surface area contributed by atoms with Crippen molar-refractivity contribution in [2.45, 2.75) is 18.9 Å². The van der Waals surface area contributed by atoms with Gasteiger partial charge in [-0.3, -0.25) is 0 Å². The molecule has 2 nitrogen and oxygen atoms in total. The maximum absolute atomic E-state index is 9.89. The second kappa shape index (κ2) is 5.37. The second-order valence-electron chi connectivity index (χ2n) is 4.22. The van der Waals surface area contributed by atoms with E-state index in [0.717, 1.165) is 31.5 Å². The molecule has 0 radical (unpaired) electrons. The zero-order valence-corrected chi connectivity index (χ0v) is 10.4. The van der Waals surface area contributed by atoms with Crippen LogP contribution in [0.4, 0.5) is 0 Å². The highest BCUT2D eigenvalue weighted by molar-refractivity contribution is 6.35. The standard InChI is InChI=1S/C12H15Cl2NO/c13-10-2-1-3-11(14)9(10)6-8-7-15-5-4-12(8)16/h1-3,8,12,15-16H,4-7H2. The Balaban J connectivity index is 2.13. The number of halogens is 2. The van der Waals surface area contributed by atoms with Crippen molar-refractivity contribution >= 4 is 23.2 Å². The first-order chi connectivity index (χ1) is 7.68. The minimum Gasteiger partial charge on any atom is -0.393 e. The van der Waals surface area contributed by atoms with Crippen LogP contribution in [0, 0.1) is 5.92 Å². The molecule has 1 aliphatic rings. The van der Waals surface area contributed by atoms with Gasteiger partial charge in [0.15, 0.2) is 0 Å². The van der Waals surface area contributed by atoms with Crippen LogP contribution >= 0.6 is 23.2 Å². The fourth-order valence-corrected chi connectivity index (χ4v) is 2.66. The molecule has 1 heterocycles. The monoisotopic (exact) mass is 259 g/mol. The zero-order valence-electron chi connectivity index (χ0n) is 8.92. The highest BCUT2D eigenvalue weighted by Crippen LogP contribution is 2.28. The molecule has 1 aliphatic heterocycles. The van der Waals surface area contributed by atoms with Crippen molar-refractivity contribution < 1.29 is 5.11 Å². The second-order valence-corrected chi connectivity index (χ2v) is 5.04. The van der Waals surface area contributed by atoms with Gasteiger partial charge in [0, 0.05) is 22.5 Å². The Kier molecular flexibility index (Phi) is 4.09. The lowest BCUT2D eigenvalue weighted by molar-refractivity contribution is 0.0792. The lowest BCUT2D eigenvalue weighted by Crippen LogP contribution is -2.40. The third-order valence-electron chi connectivity index (χ3n) is 3.10. The Morgan fingerprint density at radius 2 is 2.00 bits per heavy atom. The van der Waals surface area contributed by atoms with Crippen molar-refractivity contribution in [2.24, 2.45) is 5.92 Å². The Bertz CT molecular complexity index is 350. The van der Waals surface area contributed by atoms with Gasteiger partial charge in [-0.05, 0) is 37.1 Å². The van der Waals surface area contributed by atoms with E-state index in [2.05, 4.69) is 5.32 Å². The van der Waals surface area contributed by atoms with Crippen LogP contribution in [0.15, 0.2) is 18.2 Å². The van der Waals surface area contributed by atoms with E-state index in [9.17, 15) is 5.11 Å². The third kappa shape index (κ3) is 2.69. The van der Waals surface area contributed by atoms with Gasteiger partial charge < -0.3 is 10.4 Å². The van der Waals surface area contributed by atoms with Crippen LogP contribution in [0.25, 0.3) is 0 Å². The molecule has 0 aromatic heterocycles. The molecule has 0 spiro atoms. The average Bonchev–Trinajstić information content (AvgIpc) is 2.26. The highest BCUT2D eigenvalue weighted by atomic mass is 35.5. The lowest BCUT2D eigenvalue weighted by atomic mass is 9.90. The van der Waals surface area contributed by atoms with E-state index in [1.54, 1.807) is 0 Å². The van der Waals surface area contributed by atoms with Gasteiger partial charge in [-0.25, -0.2) is 0 Å². The van der Waals surface area contributed by atoms with E-state index in [0.29, 0.717) is 10.0 Å². The molecular formula is C12H15Cl2NO. The Hall–Kier alpha value is -0.280. The van der Waals surface area contributed by atoms with Crippen LogP contribution < -0.4 is 5.32 Å². The van der Waals surface area contributed by atoms with Crippen molar-refractivity contribution in [2.75, 3.05) is 13.1 Å². The summed E-state index contributed by atoms with van der Waals surface area (Å²) in [4.78, 5) is 0. The molecule has 2 rings (SSSR count). The smallest absolute Gasteiger partial charge is 0.0595 e. The van der Waals surface area contributed by atoms with Gasteiger partial charge in [0.2, 0.25) is 0 Å². The molecular weight excluding hydrogens is 245 g/mol. The largest absolute Gasteiger partial charge is 0.393 e. The maximum Gasteiger partial charge on any atom is 0.0595 e. The molecule has 0 bridgehead atoms. The normalized spacial score (nSPS) is 25.7. The van der Waals surface area contributed by atoms with Gasteiger partial charge in [-0.2, -0.15) is 0 Å². The van der Waals surface area contributed by atoms with Gasteiger partial charge in [-0.1, -0.05) is 29.3 Å². The molecule has 0 saturated carbocycles. The number of hydrogen-bond acceptors (Lipinski definition) is 2. The van der Waals surface area contributed by atoms with Crippen LogP contribution in [0.1, 0.15) is 12.0 Å². The summed E-state index contributed by atoms with van der Waals surface area (Å²) >= 11 is 12.2. The SMILES string of the molecule is OC1CCNCC1Cc1c(Cl)cccc1Cl. The summed E-state index contributed by atoms with van der Waals surface area (Å²) in [5, 5.41) is 14.5. The van der Waals surface area contributed by atoms with E-state index >= 15 is 0 Å². The molecule has 1 fully saturated rings. The van der Waals surface area contributed by atoms with Crippen molar-refractivity contribution in [3.05, 3.63) is 33.8 Å². The number of nitrogens with one attached hydrogen (secondary N) is 1. The number of hydrogen-bond donors (Lipinski definition) is 2. The molecule has 2 N–H and O–H groups in total. The molecule has 0 amide bonds. The maximum atomic E-state index is 9.89. The molecule has 4 heteroatoms. The summed E-state index contributed by atoms with van der Waals surface area (Å²) in [5.41, 5.74) is 0.943. The lowest BCUT2D eigenvalue weighted by Gasteiger charge is -2.28. The first kappa shape index (κ1) is 12.2. The van der Waals surface area contributed by atoms with E-state index in [4.69, 9.17) is 23.2 Å². The Labute approximate surface area is 106 Å². The molecule has 16 heavy (non-hydrogen) atoms. The number of piperidine rings is 1. The summed E-state index contributed by atoms with van der Waals surface area (Å²) < 4.78 is 0. The van der Waals surface area contributed by atoms with E-state index in [-0.39, 0.29) is 12.0 Å². The van der Waals surface area contributed by atoms with Gasteiger partial charge in [0.05, 0.1) is 6.10 Å². The topological polar surface area (TPSA) is 32.3 Å². The summed E-state index contributed by atoms with van der Waals surface area (Å²) in [7, 11) is 0. The highest BCUT2D eigenvalue weighted by Gasteiger charge is 2.24. The van der Waals surface area contributed by atoms with Crippen molar-refractivity contribution in [1.82, 2.24) is 5.32 Å². The predicted octanol–water partition coefficient (Wildman–Crippen LogP) is 2.51. The third-order valence-corrected chi connectivity index (χ3v) is 3.80. The van der Waals surface area contributed by atoms with Crippen LogP contribution in [-0.2, 0) is 6.42 Å². The Morgan fingerprint density at radius 3 is 2.62 bits per heavy atom. The van der Waals surface area contributed by atoms with Crippen LogP contribution in [0.3, 0.4) is 0 Å². The molecule has 1 aromatic carbocycles.